The first kappa shape index (κ1) is 16.5. The molecule has 3 rings (SSSR count). The summed E-state index contributed by atoms with van der Waals surface area (Å²) in [5.41, 5.74) is 1.00. The number of hydrogen-bond acceptors (Lipinski definition) is 4. The van der Waals surface area contributed by atoms with Gasteiger partial charge in [-0.3, -0.25) is 9.59 Å². The quantitative estimate of drug-likeness (QED) is 0.917. The molecule has 2 heterocycles. The fourth-order valence-electron chi connectivity index (χ4n) is 3.12. The zero-order valence-corrected chi connectivity index (χ0v) is 13.9. The third-order valence-corrected chi connectivity index (χ3v) is 4.43. The SMILES string of the molecule is C[C@@H]1CC(NC(=O)[C@@H]2CCCN(C(=O)Cc3ccccc3)C2)=NO1. The van der Waals surface area contributed by atoms with E-state index in [1.807, 2.05) is 37.3 Å². The van der Waals surface area contributed by atoms with E-state index in [-0.39, 0.29) is 23.8 Å². The second kappa shape index (κ2) is 7.47. The van der Waals surface area contributed by atoms with Crippen LogP contribution in [-0.4, -0.2) is 41.7 Å². The van der Waals surface area contributed by atoms with Crippen molar-refractivity contribution in [3.05, 3.63) is 35.9 Å². The lowest BCUT2D eigenvalue weighted by Gasteiger charge is -2.32. The fraction of sp³-hybridized carbons (Fsp3) is 0.500. The highest BCUT2D eigenvalue weighted by atomic mass is 16.6. The first-order valence-corrected chi connectivity index (χ1v) is 8.47. The lowest BCUT2D eigenvalue weighted by molar-refractivity contribution is -0.134. The van der Waals surface area contributed by atoms with Crippen LogP contribution >= 0.6 is 0 Å². The molecule has 24 heavy (non-hydrogen) atoms. The number of amides is 2. The van der Waals surface area contributed by atoms with Crippen molar-refractivity contribution in [2.45, 2.75) is 38.7 Å². The Balaban J connectivity index is 1.53. The molecule has 0 aromatic heterocycles. The minimum atomic E-state index is -0.183. The average molecular weight is 329 g/mol. The molecule has 1 fully saturated rings. The monoisotopic (exact) mass is 329 g/mol. The van der Waals surface area contributed by atoms with Gasteiger partial charge in [0.05, 0.1) is 12.3 Å². The van der Waals surface area contributed by atoms with Crippen LogP contribution in [-0.2, 0) is 20.8 Å². The topological polar surface area (TPSA) is 71.0 Å². The van der Waals surface area contributed by atoms with Gasteiger partial charge in [-0.2, -0.15) is 0 Å². The van der Waals surface area contributed by atoms with E-state index in [0.29, 0.717) is 25.2 Å². The Morgan fingerprint density at radius 2 is 2.12 bits per heavy atom. The Labute approximate surface area is 141 Å². The van der Waals surface area contributed by atoms with E-state index in [1.54, 1.807) is 4.90 Å². The number of rotatable bonds is 3. The molecule has 0 bridgehead atoms. The molecule has 2 aliphatic heterocycles. The molecule has 128 valence electrons. The Morgan fingerprint density at radius 3 is 2.83 bits per heavy atom. The van der Waals surface area contributed by atoms with Crippen molar-refractivity contribution < 1.29 is 14.4 Å². The third kappa shape index (κ3) is 4.13. The van der Waals surface area contributed by atoms with E-state index >= 15 is 0 Å². The summed E-state index contributed by atoms with van der Waals surface area (Å²) in [7, 11) is 0. The molecule has 0 unspecified atom stereocenters. The van der Waals surface area contributed by atoms with Gasteiger partial charge in [-0.15, -0.1) is 0 Å². The molecular formula is C18H23N3O3. The Morgan fingerprint density at radius 1 is 1.33 bits per heavy atom. The number of hydrogen-bond donors (Lipinski definition) is 1. The molecule has 1 aromatic carbocycles. The number of nitrogens with zero attached hydrogens (tertiary/aromatic N) is 2. The number of likely N-dealkylation sites (tertiary alicyclic amines) is 1. The number of carbonyl (C=O) groups excluding carboxylic acids is 2. The van der Waals surface area contributed by atoms with Crippen LogP contribution in [0.3, 0.4) is 0 Å². The van der Waals surface area contributed by atoms with Crippen LogP contribution in [0.2, 0.25) is 0 Å². The highest BCUT2D eigenvalue weighted by molar-refractivity contribution is 5.99. The van der Waals surface area contributed by atoms with E-state index in [2.05, 4.69) is 10.5 Å². The van der Waals surface area contributed by atoms with Crippen molar-refractivity contribution >= 4 is 17.6 Å². The van der Waals surface area contributed by atoms with Crippen LogP contribution in [0.5, 0.6) is 0 Å². The minimum absolute atomic E-state index is 0.00982. The van der Waals surface area contributed by atoms with Crippen molar-refractivity contribution in [3.63, 3.8) is 0 Å². The summed E-state index contributed by atoms with van der Waals surface area (Å²) in [4.78, 5) is 31.8. The maximum absolute atomic E-state index is 12.5. The largest absolute Gasteiger partial charge is 0.391 e. The molecule has 2 aliphatic rings. The van der Waals surface area contributed by atoms with E-state index in [0.717, 1.165) is 24.9 Å². The number of nitrogens with one attached hydrogen (secondary N) is 1. The smallest absolute Gasteiger partial charge is 0.230 e. The molecule has 2 atom stereocenters. The second-order valence-electron chi connectivity index (χ2n) is 6.49. The summed E-state index contributed by atoms with van der Waals surface area (Å²) in [5.74, 6) is 0.412. The summed E-state index contributed by atoms with van der Waals surface area (Å²) >= 11 is 0. The van der Waals surface area contributed by atoms with Crippen molar-refractivity contribution in [1.82, 2.24) is 10.2 Å². The highest BCUT2D eigenvalue weighted by Gasteiger charge is 2.30. The lowest BCUT2D eigenvalue weighted by Crippen LogP contribution is -2.47. The number of benzene rings is 1. The number of amidine groups is 1. The first-order valence-electron chi connectivity index (χ1n) is 8.47. The van der Waals surface area contributed by atoms with Crippen LogP contribution in [0.25, 0.3) is 0 Å². The van der Waals surface area contributed by atoms with Crippen LogP contribution < -0.4 is 5.32 Å². The van der Waals surface area contributed by atoms with Gasteiger partial charge in [0.1, 0.15) is 6.10 Å². The molecule has 1 aromatic rings. The van der Waals surface area contributed by atoms with Crippen molar-refractivity contribution in [2.75, 3.05) is 13.1 Å². The molecule has 2 amide bonds. The van der Waals surface area contributed by atoms with Crippen molar-refractivity contribution in [3.8, 4) is 0 Å². The number of piperidine rings is 1. The normalized spacial score (nSPS) is 23.4. The van der Waals surface area contributed by atoms with Crippen LogP contribution in [0, 0.1) is 5.92 Å². The maximum Gasteiger partial charge on any atom is 0.230 e. The van der Waals surface area contributed by atoms with Crippen LogP contribution in [0.1, 0.15) is 31.7 Å². The Bertz CT molecular complexity index is 630. The highest BCUT2D eigenvalue weighted by Crippen LogP contribution is 2.18. The minimum Gasteiger partial charge on any atom is -0.391 e. The Kier molecular flexibility index (Phi) is 5.13. The average Bonchev–Trinajstić information content (AvgIpc) is 3.00. The molecular weight excluding hydrogens is 306 g/mol. The standard InChI is InChI=1S/C18H23N3O3/c1-13-10-16(20-24-13)19-18(23)15-8-5-9-21(12-15)17(22)11-14-6-3-2-4-7-14/h2-4,6-7,13,15H,5,8-12H2,1H3,(H,19,20,23)/t13-,15-/m1/s1. The Hall–Kier alpha value is -2.37. The van der Waals surface area contributed by atoms with E-state index in [4.69, 9.17) is 4.84 Å². The first-order chi connectivity index (χ1) is 11.6. The van der Waals surface area contributed by atoms with Gasteiger partial charge in [0.2, 0.25) is 11.8 Å². The van der Waals surface area contributed by atoms with Crippen LogP contribution in [0.15, 0.2) is 35.5 Å². The van der Waals surface area contributed by atoms with Crippen LogP contribution in [0.4, 0.5) is 0 Å². The summed E-state index contributed by atoms with van der Waals surface area (Å²) in [6.45, 7) is 3.10. The summed E-state index contributed by atoms with van der Waals surface area (Å²) < 4.78 is 0. The van der Waals surface area contributed by atoms with E-state index in [1.165, 1.54) is 0 Å². The van der Waals surface area contributed by atoms with Gasteiger partial charge >= 0.3 is 0 Å². The molecule has 0 radical (unpaired) electrons. The number of carbonyl (C=O) groups is 2. The third-order valence-electron chi connectivity index (χ3n) is 4.43. The lowest BCUT2D eigenvalue weighted by atomic mass is 9.96. The number of oxime groups is 1. The molecule has 6 nitrogen and oxygen atoms in total. The molecule has 1 N–H and O–H groups in total. The predicted molar refractivity (Wildman–Crippen MR) is 90.2 cm³/mol. The zero-order valence-electron chi connectivity index (χ0n) is 13.9. The zero-order chi connectivity index (χ0) is 16.9. The van der Waals surface area contributed by atoms with Gasteiger partial charge in [-0.1, -0.05) is 35.5 Å². The van der Waals surface area contributed by atoms with Gasteiger partial charge in [0, 0.05) is 19.5 Å². The van der Waals surface area contributed by atoms with Gasteiger partial charge in [-0.25, -0.2) is 0 Å². The van der Waals surface area contributed by atoms with Crippen molar-refractivity contribution in [2.24, 2.45) is 11.1 Å². The van der Waals surface area contributed by atoms with E-state index < -0.39 is 0 Å². The maximum atomic E-state index is 12.5. The predicted octanol–water partition coefficient (Wildman–Crippen LogP) is 1.71. The molecule has 0 saturated carbocycles. The van der Waals surface area contributed by atoms with Gasteiger partial charge < -0.3 is 15.1 Å². The summed E-state index contributed by atoms with van der Waals surface area (Å²) in [6, 6.07) is 9.70. The van der Waals surface area contributed by atoms with E-state index in [9.17, 15) is 9.59 Å². The second-order valence-corrected chi connectivity index (χ2v) is 6.49. The fourth-order valence-corrected chi connectivity index (χ4v) is 3.12. The molecule has 0 aliphatic carbocycles. The van der Waals surface area contributed by atoms with Crippen molar-refractivity contribution in [1.29, 1.82) is 0 Å². The van der Waals surface area contributed by atoms with Gasteiger partial charge in [0.25, 0.3) is 0 Å². The molecule has 1 saturated heterocycles. The van der Waals surface area contributed by atoms with Gasteiger partial charge in [-0.05, 0) is 25.3 Å². The summed E-state index contributed by atoms with van der Waals surface area (Å²) in [5, 5.41) is 6.70. The molecule has 0 spiro atoms. The summed E-state index contributed by atoms with van der Waals surface area (Å²) in [6.07, 6.45) is 2.65. The molecule has 6 heteroatoms. The van der Waals surface area contributed by atoms with Gasteiger partial charge in [0.15, 0.2) is 5.84 Å².